The molecule has 3 heterocycles. The van der Waals surface area contributed by atoms with Gasteiger partial charge in [-0.1, -0.05) is 48.5 Å². The Kier molecular flexibility index (Phi) is 7.08. The second kappa shape index (κ2) is 10.5. The van der Waals surface area contributed by atoms with E-state index in [4.69, 9.17) is 0 Å². The first kappa shape index (κ1) is 22.2. The summed E-state index contributed by atoms with van der Waals surface area (Å²) in [5, 5.41) is 1.33. The second-order valence-corrected chi connectivity index (χ2v) is 9.78. The van der Waals surface area contributed by atoms with Crippen LogP contribution in [0, 0.1) is 5.92 Å². The Morgan fingerprint density at radius 3 is 2.52 bits per heavy atom. The molecule has 0 radical (unpaired) electrons. The van der Waals surface area contributed by atoms with Crippen LogP contribution in [0.1, 0.15) is 36.8 Å². The van der Waals surface area contributed by atoms with E-state index in [9.17, 15) is 4.79 Å². The van der Waals surface area contributed by atoms with E-state index in [1.54, 1.807) is 0 Å². The van der Waals surface area contributed by atoms with Gasteiger partial charge < -0.3 is 9.88 Å². The number of aromatic nitrogens is 1. The molecule has 2 aromatic carbocycles. The highest BCUT2D eigenvalue weighted by Gasteiger charge is 2.24. The van der Waals surface area contributed by atoms with Crippen LogP contribution in [0.5, 0.6) is 0 Å². The molecule has 174 valence electrons. The molecule has 2 saturated heterocycles. The van der Waals surface area contributed by atoms with E-state index in [-0.39, 0.29) is 0 Å². The largest absolute Gasteiger partial charge is 0.361 e. The van der Waals surface area contributed by atoms with Gasteiger partial charge >= 0.3 is 0 Å². The number of nitrogens with one attached hydrogen (secondary N) is 1. The van der Waals surface area contributed by atoms with Gasteiger partial charge in [0.2, 0.25) is 5.91 Å². The zero-order valence-electron chi connectivity index (χ0n) is 19.6. The van der Waals surface area contributed by atoms with Gasteiger partial charge in [0.25, 0.3) is 0 Å². The molecule has 2 fully saturated rings. The van der Waals surface area contributed by atoms with Gasteiger partial charge in [-0.25, -0.2) is 0 Å². The van der Waals surface area contributed by atoms with Gasteiger partial charge in [0, 0.05) is 69.3 Å². The summed E-state index contributed by atoms with van der Waals surface area (Å²) in [5.41, 5.74) is 3.96. The number of para-hydroxylation sites is 1. The van der Waals surface area contributed by atoms with Crippen LogP contribution in [-0.4, -0.2) is 64.9 Å². The first-order chi connectivity index (χ1) is 16.2. The Balaban J connectivity index is 1.06. The Morgan fingerprint density at radius 2 is 1.67 bits per heavy atom. The van der Waals surface area contributed by atoms with E-state index in [1.807, 2.05) is 0 Å². The normalized spacial score (nSPS) is 20.4. The predicted molar refractivity (Wildman–Crippen MR) is 134 cm³/mol. The minimum Gasteiger partial charge on any atom is -0.361 e. The molecule has 0 unspecified atom stereocenters. The smallest absolute Gasteiger partial charge is 0.222 e. The fourth-order valence-electron chi connectivity index (χ4n) is 5.52. The molecule has 1 atom stereocenters. The summed E-state index contributed by atoms with van der Waals surface area (Å²) in [6.45, 7) is 7.93. The molecule has 1 aromatic heterocycles. The lowest BCUT2D eigenvalue weighted by molar-refractivity contribution is -0.133. The third-order valence-corrected chi connectivity index (χ3v) is 7.41. The Labute approximate surface area is 197 Å². The van der Waals surface area contributed by atoms with Crippen LogP contribution < -0.4 is 0 Å². The molecule has 5 nitrogen and oxygen atoms in total. The maximum atomic E-state index is 12.9. The summed E-state index contributed by atoms with van der Waals surface area (Å²) in [6.07, 6.45) is 6.37. The lowest BCUT2D eigenvalue weighted by Crippen LogP contribution is -2.48. The average molecular weight is 445 g/mol. The molecule has 5 rings (SSSR count). The third-order valence-electron chi connectivity index (χ3n) is 7.41. The zero-order valence-corrected chi connectivity index (χ0v) is 19.6. The van der Waals surface area contributed by atoms with Crippen LogP contribution >= 0.6 is 0 Å². The minimum atomic E-state index is 0.350. The van der Waals surface area contributed by atoms with Crippen molar-refractivity contribution in [2.24, 2.45) is 5.92 Å². The van der Waals surface area contributed by atoms with Crippen molar-refractivity contribution in [2.45, 2.75) is 38.8 Å². The number of piperazine rings is 1. The number of hydrogen-bond donors (Lipinski definition) is 1. The molecule has 5 heteroatoms. The summed E-state index contributed by atoms with van der Waals surface area (Å²) < 4.78 is 0. The van der Waals surface area contributed by atoms with Crippen LogP contribution in [0.2, 0.25) is 0 Å². The maximum absolute atomic E-state index is 12.9. The molecule has 0 spiro atoms. The van der Waals surface area contributed by atoms with Crippen molar-refractivity contribution in [1.82, 2.24) is 19.7 Å². The van der Waals surface area contributed by atoms with Crippen LogP contribution in [0.15, 0.2) is 60.8 Å². The Hall–Kier alpha value is -2.63. The first-order valence-electron chi connectivity index (χ1n) is 12.6. The maximum Gasteiger partial charge on any atom is 0.222 e. The number of fused-ring (bicyclic) bond motifs is 1. The lowest BCUT2D eigenvalue weighted by atomic mass is 9.92. The molecule has 3 aromatic rings. The van der Waals surface area contributed by atoms with Crippen molar-refractivity contribution in [3.63, 3.8) is 0 Å². The number of rotatable bonds is 7. The van der Waals surface area contributed by atoms with Gasteiger partial charge in [0.15, 0.2) is 0 Å². The summed E-state index contributed by atoms with van der Waals surface area (Å²) in [6, 6.07) is 19.2. The van der Waals surface area contributed by atoms with Crippen molar-refractivity contribution in [3.8, 4) is 0 Å². The molecule has 2 aliphatic heterocycles. The van der Waals surface area contributed by atoms with Gasteiger partial charge in [-0.15, -0.1) is 0 Å². The highest BCUT2D eigenvalue weighted by Crippen LogP contribution is 2.25. The number of H-pyrrole nitrogens is 1. The van der Waals surface area contributed by atoms with E-state index in [2.05, 4.69) is 80.5 Å². The SMILES string of the molecule is O=C(CC[C@H]1CCCN(Cc2c[nH]c3ccccc23)C1)N1CCN(Cc2ccccc2)CC1. The number of nitrogens with zero attached hydrogens (tertiary/aromatic N) is 3. The van der Waals surface area contributed by atoms with Crippen LogP contribution in [0.25, 0.3) is 10.9 Å². The number of likely N-dealkylation sites (tertiary alicyclic amines) is 1. The molecule has 1 amide bonds. The van der Waals surface area contributed by atoms with Crippen molar-refractivity contribution < 1.29 is 4.79 Å². The Morgan fingerprint density at radius 1 is 0.879 bits per heavy atom. The highest BCUT2D eigenvalue weighted by atomic mass is 16.2. The minimum absolute atomic E-state index is 0.350. The molecule has 0 saturated carbocycles. The summed E-state index contributed by atoms with van der Waals surface area (Å²) in [4.78, 5) is 23.4. The molecule has 2 aliphatic rings. The van der Waals surface area contributed by atoms with Crippen LogP contribution in [0.3, 0.4) is 0 Å². The quantitative estimate of drug-likeness (QED) is 0.583. The van der Waals surface area contributed by atoms with Crippen molar-refractivity contribution >= 4 is 16.8 Å². The Bertz CT molecular complexity index is 1040. The van der Waals surface area contributed by atoms with E-state index in [0.29, 0.717) is 18.2 Å². The molecule has 33 heavy (non-hydrogen) atoms. The number of amides is 1. The highest BCUT2D eigenvalue weighted by molar-refractivity contribution is 5.83. The number of piperidine rings is 1. The van der Waals surface area contributed by atoms with Gasteiger partial charge in [-0.3, -0.25) is 14.6 Å². The van der Waals surface area contributed by atoms with Gasteiger partial charge in [-0.2, -0.15) is 0 Å². The number of aromatic amines is 1. The predicted octanol–water partition coefficient (Wildman–Crippen LogP) is 4.50. The number of benzene rings is 2. The summed E-state index contributed by atoms with van der Waals surface area (Å²) in [5.74, 6) is 0.982. The molecular formula is C28H36N4O. The van der Waals surface area contributed by atoms with Crippen LogP contribution in [-0.2, 0) is 17.9 Å². The van der Waals surface area contributed by atoms with Crippen molar-refractivity contribution in [2.75, 3.05) is 39.3 Å². The van der Waals surface area contributed by atoms with E-state index >= 15 is 0 Å². The second-order valence-electron chi connectivity index (χ2n) is 9.78. The molecule has 0 bridgehead atoms. The van der Waals surface area contributed by atoms with Gasteiger partial charge in [-0.05, 0) is 48.9 Å². The van der Waals surface area contributed by atoms with Crippen LogP contribution in [0.4, 0.5) is 0 Å². The summed E-state index contributed by atoms with van der Waals surface area (Å²) >= 11 is 0. The monoisotopic (exact) mass is 444 g/mol. The summed E-state index contributed by atoms with van der Waals surface area (Å²) in [7, 11) is 0. The topological polar surface area (TPSA) is 42.6 Å². The van der Waals surface area contributed by atoms with E-state index in [1.165, 1.54) is 34.9 Å². The fraction of sp³-hybridized carbons (Fsp3) is 0.464. The van der Waals surface area contributed by atoms with Gasteiger partial charge in [0.1, 0.15) is 0 Å². The molecular weight excluding hydrogens is 408 g/mol. The fourth-order valence-corrected chi connectivity index (χ4v) is 5.52. The molecule has 1 N–H and O–H groups in total. The average Bonchev–Trinajstić information content (AvgIpc) is 3.27. The van der Waals surface area contributed by atoms with Crippen molar-refractivity contribution in [3.05, 3.63) is 71.9 Å². The van der Waals surface area contributed by atoms with E-state index < -0.39 is 0 Å². The third kappa shape index (κ3) is 5.66. The van der Waals surface area contributed by atoms with Gasteiger partial charge in [0.05, 0.1) is 0 Å². The first-order valence-corrected chi connectivity index (χ1v) is 12.6. The number of carbonyl (C=O) groups excluding carboxylic acids is 1. The van der Waals surface area contributed by atoms with E-state index in [0.717, 1.165) is 58.8 Å². The molecule has 0 aliphatic carbocycles. The zero-order chi connectivity index (χ0) is 22.5. The van der Waals surface area contributed by atoms with Crippen molar-refractivity contribution in [1.29, 1.82) is 0 Å². The standard InChI is InChI=1S/C28H36N4O/c33-28(32-17-15-30(16-18-32)20-23-7-2-1-3-8-23)13-12-24-9-6-14-31(21-24)22-25-19-29-27-11-5-4-10-26(25)27/h1-5,7-8,10-11,19,24,29H,6,9,12-18,20-22H2/t24-/m1/s1. The number of hydrogen-bond acceptors (Lipinski definition) is 3. The number of carbonyl (C=O) groups is 1. The lowest BCUT2D eigenvalue weighted by Gasteiger charge is -2.36.